The molecule has 2 atom stereocenters. The summed E-state index contributed by atoms with van der Waals surface area (Å²) < 4.78 is 15.4. The Hall–Kier alpha value is -3.43. The molecule has 1 N–H and O–H groups in total. The number of rotatable bonds is 5. The number of aliphatic hydroxyl groups excluding tert-OH is 1. The quantitative estimate of drug-likeness (QED) is 0.519. The molecule has 1 aromatic carbocycles. The lowest BCUT2D eigenvalue weighted by atomic mass is 10.1. The molecule has 32 heavy (non-hydrogen) atoms. The van der Waals surface area contributed by atoms with Gasteiger partial charge in [0.15, 0.2) is 5.65 Å². The fourth-order valence-corrected chi connectivity index (χ4v) is 5.01. The number of halogens is 1. The predicted octanol–water partition coefficient (Wildman–Crippen LogP) is 2.25. The van der Waals surface area contributed by atoms with Gasteiger partial charge in [0.2, 0.25) is 0 Å². The summed E-state index contributed by atoms with van der Waals surface area (Å²) in [6.07, 6.45) is 4.42. The predicted molar refractivity (Wildman–Crippen MR) is 118 cm³/mol. The van der Waals surface area contributed by atoms with Crippen molar-refractivity contribution >= 4 is 11.5 Å². The highest BCUT2D eigenvalue weighted by molar-refractivity contribution is 5.81. The lowest BCUT2D eigenvalue weighted by molar-refractivity contribution is 0.177. The Kier molecular flexibility index (Phi) is 4.58. The minimum Gasteiger partial charge on any atom is -0.395 e. The molecule has 8 nitrogen and oxygen atoms in total. The molecule has 4 aromatic rings. The number of β-amino-alcohol motifs (C(OH)–C–C–N with tert-alkyl or cyclic N) is 1. The maximum absolute atomic E-state index is 13.5. The molecule has 2 fully saturated rings. The van der Waals surface area contributed by atoms with E-state index in [0.29, 0.717) is 17.7 Å². The van der Waals surface area contributed by atoms with E-state index >= 15 is 0 Å². The molecule has 0 saturated carbocycles. The van der Waals surface area contributed by atoms with Crippen LogP contribution in [0.25, 0.3) is 28.2 Å². The van der Waals surface area contributed by atoms with Crippen molar-refractivity contribution in [2.24, 2.45) is 0 Å². The van der Waals surface area contributed by atoms with E-state index < -0.39 is 0 Å². The lowest BCUT2D eigenvalue weighted by Gasteiger charge is -2.34. The summed E-state index contributed by atoms with van der Waals surface area (Å²) in [7, 11) is 0. The molecule has 0 amide bonds. The fourth-order valence-electron chi connectivity index (χ4n) is 5.01. The zero-order chi connectivity index (χ0) is 21.7. The Bertz CT molecular complexity index is 1260. The fraction of sp³-hybridized carbons (Fsp3) is 0.304. The van der Waals surface area contributed by atoms with Crippen molar-refractivity contribution in [3.05, 3.63) is 60.7 Å². The molecule has 3 aromatic heterocycles. The smallest absolute Gasteiger partial charge is 0.155 e. The van der Waals surface area contributed by atoms with Crippen LogP contribution in [0.4, 0.5) is 10.2 Å². The maximum atomic E-state index is 13.5. The number of piperazine rings is 1. The Balaban J connectivity index is 1.45. The van der Waals surface area contributed by atoms with Gasteiger partial charge in [-0.15, -0.1) is 5.10 Å². The molecule has 162 valence electrons. The molecular formula is C23H22FN7O. The number of likely N-dealkylation sites (tertiary alicyclic amines) is 1. The second-order valence-electron chi connectivity index (χ2n) is 8.32. The van der Waals surface area contributed by atoms with Crippen LogP contribution in [0, 0.1) is 5.82 Å². The Morgan fingerprint density at radius 2 is 1.84 bits per heavy atom. The number of hydrogen-bond donors (Lipinski definition) is 1. The van der Waals surface area contributed by atoms with Gasteiger partial charge in [-0.25, -0.2) is 13.9 Å². The van der Waals surface area contributed by atoms with Crippen LogP contribution in [-0.4, -0.2) is 73.1 Å². The molecule has 2 aliphatic heterocycles. The van der Waals surface area contributed by atoms with E-state index in [0.717, 1.165) is 54.4 Å². The van der Waals surface area contributed by atoms with Crippen molar-refractivity contribution in [2.75, 3.05) is 31.1 Å². The third-order valence-corrected chi connectivity index (χ3v) is 6.47. The second-order valence-corrected chi connectivity index (χ2v) is 8.32. The highest BCUT2D eigenvalue weighted by atomic mass is 19.1. The van der Waals surface area contributed by atoms with Gasteiger partial charge in [-0.1, -0.05) is 0 Å². The molecule has 0 spiro atoms. The van der Waals surface area contributed by atoms with Gasteiger partial charge in [-0.05, 0) is 48.9 Å². The summed E-state index contributed by atoms with van der Waals surface area (Å²) >= 11 is 0. The van der Waals surface area contributed by atoms with Crippen molar-refractivity contribution in [2.45, 2.75) is 18.5 Å². The first-order valence-electron chi connectivity index (χ1n) is 10.8. The molecule has 2 aliphatic rings. The average molecular weight is 431 g/mol. The largest absolute Gasteiger partial charge is 0.395 e. The van der Waals surface area contributed by atoms with E-state index in [4.69, 9.17) is 10.1 Å². The molecule has 6 rings (SSSR count). The van der Waals surface area contributed by atoms with Gasteiger partial charge in [0.05, 0.1) is 24.7 Å². The number of imidazole rings is 1. The number of fused-ring (bicyclic) bond motifs is 3. The van der Waals surface area contributed by atoms with Crippen LogP contribution in [0.15, 0.2) is 54.9 Å². The summed E-state index contributed by atoms with van der Waals surface area (Å²) in [4.78, 5) is 9.53. The average Bonchev–Trinajstić information content (AvgIpc) is 3.52. The Morgan fingerprint density at radius 3 is 2.56 bits per heavy atom. The van der Waals surface area contributed by atoms with E-state index in [2.05, 4.69) is 20.0 Å². The van der Waals surface area contributed by atoms with E-state index in [9.17, 15) is 9.50 Å². The molecule has 0 radical (unpaired) electrons. The van der Waals surface area contributed by atoms with Crippen molar-refractivity contribution in [1.29, 1.82) is 0 Å². The zero-order valence-electron chi connectivity index (χ0n) is 17.3. The van der Waals surface area contributed by atoms with Crippen LogP contribution in [-0.2, 0) is 0 Å². The molecule has 0 aliphatic carbocycles. The van der Waals surface area contributed by atoms with Crippen LogP contribution in [0.1, 0.15) is 6.42 Å². The zero-order valence-corrected chi connectivity index (χ0v) is 17.3. The summed E-state index contributed by atoms with van der Waals surface area (Å²) in [6, 6.07) is 13.0. The van der Waals surface area contributed by atoms with Gasteiger partial charge < -0.3 is 10.0 Å². The van der Waals surface area contributed by atoms with Crippen LogP contribution in [0.3, 0.4) is 0 Å². The highest BCUT2D eigenvalue weighted by Gasteiger charge is 2.43. The van der Waals surface area contributed by atoms with Crippen molar-refractivity contribution in [3.8, 4) is 22.5 Å². The normalized spacial score (nSPS) is 20.5. The first kappa shape index (κ1) is 19.3. The first-order chi connectivity index (χ1) is 15.7. The monoisotopic (exact) mass is 431 g/mol. The third kappa shape index (κ3) is 3.12. The van der Waals surface area contributed by atoms with Crippen molar-refractivity contribution in [3.63, 3.8) is 0 Å². The second kappa shape index (κ2) is 7.61. The molecular weight excluding hydrogens is 409 g/mol. The standard InChI is InChI=1S/C23H22FN7O/c24-17-3-1-15(2-4-17)22-23(16-7-8-25-26-12-16)31-20(27-22)5-6-21(28-31)30-14-18-11-19(30)13-29(18)9-10-32/h1-8,12,18-19,32H,9-11,13-14H2. The van der Waals surface area contributed by atoms with Gasteiger partial charge >= 0.3 is 0 Å². The van der Waals surface area contributed by atoms with Crippen LogP contribution in [0.5, 0.6) is 0 Å². The number of aromatic nitrogens is 5. The van der Waals surface area contributed by atoms with Crippen molar-refractivity contribution in [1.82, 2.24) is 29.7 Å². The molecule has 2 saturated heterocycles. The molecule has 9 heteroatoms. The minimum atomic E-state index is -0.288. The SMILES string of the molecule is OCCN1CC2CC1CN2c1ccc2nc(-c3ccc(F)cc3)c(-c3ccnnc3)n2n1. The number of aliphatic hydroxyl groups is 1. The van der Waals surface area contributed by atoms with E-state index in [1.54, 1.807) is 24.5 Å². The van der Waals surface area contributed by atoms with Gasteiger partial charge in [-0.2, -0.15) is 10.2 Å². The van der Waals surface area contributed by atoms with Crippen LogP contribution in [0.2, 0.25) is 0 Å². The van der Waals surface area contributed by atoms with Gasteiger partial charge in [0.25, 0.3) is 0 Å². The number of anilines is 1. The van der Waals surface area contributed by atoms with Gasteiger partial charge in [0.1, 0.15) is 17.3 Å². The Labute approximate surface area is 184 Å². The summed E-state index contributed by atoms with van der Waals surface area (Å²) in [6.45, 7) is 2.76. The van der Waals surface area contributed by atoms with Gasteiger partial charge in [0, 0.05) is 42.8 Å². The van der Waals surface area contributed by atoms with Crippen molar-refractivity contribution < 1.29 is 9.50 Å². The Morgan fingerprint density at radius 1 is 0.969 bits per heavy atom. The number of hydrogen-bond acceptors (Lipinski definition) is 7. The maximum Gasteiger partial charge on any atom is 0.155 e. The number of benzene rings is 1. The summed E-state index contributed by atoms with van der Waals surface area (Å²) in [5.41, 5.74) is 3.89. The molecule has 2 bridgehead atoms. The summed E-state index contributed by atoms with van der Waals surface area (Å²) in [5.74, 6) is 0.615. The van der Waals surface area contributed by atoms with Crippen LogP contribution >= 0.6 is 0 Å². The number of nitrogens with zero attached hydrogens (tertiary/aromatic N) is 7. The van der Waals surface area contributed by atoms with Gasteiger partial charge in [-0.3, -0.25) is 4.90 Å². The lowest BCUT2D eigenvalue weighted by Crippen LogP contribution is -2.47. The topological polar surface area (TPSA) is 82.7 Å². The first-order valence-corrected chi connectivity index (χ1v) is 10.8. The molecule has 2 unspecified atom stereocenters. The van der Waals surface area contributed by atoms with Crippen LogP contribution < -0.4 is 4.90 Å². The van der Waals surface area contributed by atoms with E-state index in [1.807, 2.05) is 22.7 Å². The minimum absolute atomic E-state index is 0.192. The molecule has 5 heterocycles. The van der Waals surface area contributed by atoms with E-state index in [-0.39, 0.29) is 12.4 Å². The van der Waals surface area contributed by atoms with E-state index in [1.165, 1.54) is 12.1 Å². The third-order valence-electron chi connectivity index (χ3n) is 6.47. The highest BCUT2D eigenvalue weighted by Crippen LogP contribution is 2.36. The summed E-state index contributed by atoms with van der Waals surface area (Å²) in [5, 5.41) is 22.2.